The number of carbonyl (C=O) groups excluding carboxylic acids is 2. The van der Waals surface area contributed by atoms with Gasteiger partial charge in [-0.1, -0.05) is 151 Å². The van der Waals surface area contributed by atoms with Gasteiger partial charge in [-0.3, -0.25) is 9.59 Å². The highest BCUT2D eigenvalue weighted by atomic mass is 16.5. The fraction of sp³-hybridized carbons (Fsp3) is 0.688. The molecule has 314 valence electrons. The van der Waals surface area contributed by atoms with Crippen LogP contribution < -0.4 is 11.1 Å². The minimum absolute atomic E-state index is 0.170. The van der Waals surface area contributed by atoms with Gasteiger partial charge < -0.3 is 20.9 Å². The molecule has 0 rings (SSSR count). The molecular weight excluding hydrogens is 685 g/mol. The molecule has 4 N–H and O–H groups in total. The highest BCUT2D eigenvalue weighted by Crippen LogP contribution is 2.15. The summed E-state index contributed by atoms with van der Waals surface area (Å²) in [4.78, 5) is 36.6. The molecule has 0 fully saturated rings. The van der Waals surface area contributed by atoms with Gasteiger partial charge in [-0.25, -0.2) is 4.79 Å². The van der Waals surface area contributed by atoms with Crippen LogP contribution in [0.15, 0.2) is 72.9 Å². The quantitative estimate of drug-likeness (QED) is 0.0326. The van der Waals surface area contributed by atoms with Crippen molar-refractivity contribution in [1.29, 1.82) is 0 Å². The molecule has 7 nitrogen and oxygen atoms in total. The molecule has 0 aliphatic rings. The number of carbonyl (C=O) groups is 3. The third-order valence-electron chi connectivity index (χ3n) is 9.49. The van der Waals surface area contributed by atoms with Gasteiger partial charge in [-0.15, -0.1) is 0 Å². The molecule has 0 aliphatic heterocycles. The van der Waals surface area contributed by atoms with Gasteiger partial charge in [0.05, 0.1) is 0 Å². The molecule has 55 heavy (non-hydrogen) atoms. The minimum atomic E-state index is -1.04. The minimum Gasteiger partial charge on any atom is -0.480 e. The maximum Gasteiger partial charge on any atom is 0.326 e. The van der Waals surface area contributed by atoms with Gasteiger partial charge >= 0.3 is 11.9 Å². The summed E-state index contributed by atoms with van der Waals surface area (Å²) >= 11 is 0. The van der Waals surface area contributed by atoms with Crippen molar-refractivity contribution in [2.24, 2.45) is 5.73 Å². The molecule has 0 spiro atoms. The van der Waals surface area contributed by atoms with Crippen LogP contribution in [0.25, 0.3) is 0 Å². The molecule has 2 unspecified atom stereocenters. The van der Waals surface area contributed by atoms with E-state index < -0.39 is 12.0 Å². The summed E-state index contributed by atoms with van der Waals surface area (Å²) in [7, 11) is 0. The number of hydrogen-bond donors (Lipinski definition) is 3. The van der Waals surface area contributed by atoms with Crippen molar-refractivity contribution in [1.82, 2.24) is 5.32 Å². The van der Waals surface area contributed by atoms with Gasteiger partial charge in [-0.05, 0) is 109 Å². The van der Waals surface area contributed by atoms with E-state index in [4.69, 9.17) is 10.5 Å². The smallest absolute Gasteiger partial charge is 0.326 e. The number of allylic oxidation sites excluding steroid dienone is 11. The number of nitrogens with two attached hydrogens (primary N) is 1. The van der Waals surface area contributed by atoms with E-state index in [1.54, 1.807) is 0 Å². The Morgan fingerprint density at radius 1 is 0.564 bits per heavy atom. The van der Waals surface area contributed by atoms with E-state index in [0.29, 0.717) is 45.1 Å². The maximum atomic E-state index is 12.8. The van der Waals surface area contributed by atoms with Gasteiger partial charge in [0, 0.05) is 12.8 Å². The summed E-state index contributed by atoms with van der Waals surface area (Å²) in [5.41, 5.74) is 5.50. The zero-order chi connectivity index (χ0) is 40.3. The number of carboxylic acids is 1. The highest BCUT2D eigenvalue weighted by molar-refractivity contribution is 5.83. The largest absolute Gasteiger partial charge is 0.480 e. The number of carboxylic acid groups (broad SMARTS) is 1. The van der Waals surface area contributed by atoms with Crippen LogP contribution in [0.4, 0.5) is 0 Å². The first-order valence-corrected chi connectivity index (χ1v) is 22.3. The molecule has 2 atom stereocenters. The van der Waals surface area contributed by atoms with Crippen molar-refractivity contribution in [2.45, 2.75) is 206 Å². The van der Waals surface area contributed by atoms with E-state index in [1.165, 1.54) is 83.5 Å². The molecule has 0 aromatic rings. The Kier molecular flexibility index (Phi) is 39.5. The lowest BCUT2D eigenvalue weighted by atomic mass is 10.1. The second kappa shape index (κ2) is 42.0. The Labute approximate surface area is 337 Å². The van der Waals surface area contributed by atoms with Crippen molar-refractivity contribution < 1.29 is 24.2 Å². The SMILES string of the molecule is CC/C=C\C/C=C\C/C=C\C/C=C\C/C=C\C(CCCCC(=O)NC(CCCN)C(=O)O)OC(=O)CCCCCCCCC/C=C\CCCCCCCCC. The zero-order valence-electron chi connectivity index (χ0n) is 35.2. The lowest BCUT2D eigenvalue weighted by Gasteiger charge is -2.16. The second-order valence-electron chi connectivity index (χ2n) is 14.7. The standard InChI is InChI=1S/C48H82N2O5/c1-3-5-7-9-11-13-15-17-19-20-21-22-24-26-28-30-32-34-42-47(52)55-44(39-35-36-41-46(51)50-45(48(53)54)40-37-43-49)38-33-31-29-27-25-23-18-16-14-12-10-8-6-4-2/h6,8,12,14,18-20,23,27,29,33,38,44-45H,3-5,7,9-11,13,15-17,21-22,24-26,28,30-32,34-37,39-43,49H2,1-2H3,(H,50,51)(H,53,54)/b8-6-,14-12-,20-19-,23-18-,29-27-,38-33-. The first kappa shape index (κ1) is 51.8. The van der Waals surface area contributed by atoms with Gasteiger partial charge in [0.25, 0.3) is 0 Å². The molecule has 0 aromatic heterocycles. The maximum absolute atomic E-state index is 12.8. The topological polar surface area (TPSA) is 119 Å². The van der Waals surface area contributed by atoms with Crippen molar-refractivity contribution in [2.75, 3.05) is 6.54 Å². The van der Waals surface area contributed by atoms with Crippen LogP contribution in [0.1, 0.15) is 194 Å². The monoisotopic (exact) mass is 767 g/mol. The van der Waals surface area contributed by atoms with Crippen LogP contribution in [0.3, 0.4) is 0 Å². The van der Waals surface area contributed by atoms with Crippen LogP contribution in [0.2, 0.25) is 0 Å². The molecule has 0 aromatic carbocycles. The number of nitrogens with one attached hydrogen (secondary N) is 1. The van der Waals surface area contributed by atoms with Crippen molar-refractivity contribution >= 4 is 17.8 Å². The summed E-state index contributed by atoms with van der Waals surface area (Å²) in [6.45, 7) is 4.79. The summed E-state index contributed by atoms with van der Waals surface area (Å²) in [6.07, 6.45) is 53.8. The molecule has 0 saturated heterocycles. The summed E-state index contributed by atoms with van der Waals surface area (Å²) in [6, 6.07) is -0.914. The fourth-order valence-electron chi connectivity index (χ4n) is 6.15. The van der Waals surface area contributed by atoms with Gasteiger partial charge in [0.1, 0.15) is 12.1 Å². The van der Waals surface area contributed by atoms with Crippen LogP contribution in [-0.4, -0.2) is 41.6 Å². The average molecular weight is 767 g/mol. The molecule has 0 saturated carbocycles. The summed E-state index contributed by atoms with van der Waals surface area (Å²) in [5, 5.41) is 12.0. The number of esters is 1. The third kappa shape index (κ3) is 38.9. The molecule has 0 aliphatic carbocycles. The number of rotatable bonds is 39. The lowest BCUT2D eigenvalue weighted by Crippen LogP contribution is -2.40. The van der Waals surface area contributed by atoms with Crippen LogP contribution in [-0.2, 0) is 19.1 Å². The molecule has 0 heterocycles. The molecule has 0 bridgehead atoms. The number of ether oxygens (including phenoxy) is 1. The average Bonchev–Trinajstić information content (AvgIpc) is 3.17. The van der Waals surface area contributed by atoms with E-state index in [2.05, 4.69) is 79.9 Å². The molecular formula is C48H82N2O5. The van der Waals surface area contributed by atoms with Crippen molar-refractivity contribution in [3.05, 3.63) is 72.9 Å². The Balaban J connectivity index is 4.48. The van der Waals surface area contributed by atoms with Gasteiger partial charge in [0.15, 0.2) is 0 Å². The molecule has 7 heteroatoms. The predicted molar refractivity (Wildman–Crippen MR) is 234 cm³/mol. The van der Waals surface area contributed by atoms with E-state index in [0.717, 1.165) is 51.4 Å². The molecule has 1 amide bonds. The Morgan fingerprint density at radius 3 is 1.58 bits per heavy atom. The Bertz CT molecular complexity index is 1090. The fourth-order valence-corrected chi connectivity index (χ4v) is 6.15. The number of amides is 1. The van der Waals surface area contributed by atoms with E-state index in [9.17, 15) is 19.5 Å². The van der Waals surface area contributed by atoms with Crippen molar-refractivity contribution in [3.8, 4) is 0 Å². The van der Waals surface area contributed by atoms with E-state index in [1.807, 2.05) is 12.2 Å². The highest BCUT2D eigenvalue weighted by Gasteiger charge is 2.19. The number of unbranched alkanes of at least 4 members (excludes halogenated alkanes) is 15. The lowest BCUT2D eigenvalue weighted by molar-refractivity contribution is -0.147. The van der Waals surface area contributed by atoms with E-state index in [-0.39, 0.29) is 24.4 Å². The normalized spacial score (nSPS) is 13.4. The van der Waals surface area contributed by atoms with Gasteiger partial charge in [0.2, 0.25) is 5.91 Å². The first-order chi connectivity index (χ1) is 26.9. The van der Waals surface area contributed by atoms with E-state index >= 15 is 0 Å². The third-order valence-corrected chi connectivity index (χ3v) is 9.49. The predicted octanol–water partition coefficient (Wildman–Crippen LogP) is 12.7. The number of aliphatic carboxylic acids is 1. The van der Waals surface area contributed by atoms with Crippen LogP contribution >= 0.6 is 0 Å². The summed E-state index contributed by atoms with van der Waals surface area (Å²) in [5.74, 6) is -1.49. The van der Waals surface area contributed by atoms with Crippen LogP contribution in [0.5, 0.6) is 0 Å². The first-order valence-electron chi connectivity index (χ1n) is 22.3. The molecule has 0 radical (unpaired) electrons. The van der Waals surface area contributed by atoms with Crippen molar-refractivity contribution in [3.63, 3.8) is 0 Å². The van der Waals surface area contributed by atoms with Gasteiger partial charge in [-0.2, -0.15) is 0 Å². The Morgan fingerprint density at radius 2 is 1.05 bits per heavy atom. The number of hydrogen-bond acceptors (Lipinski definition) is 5. The Hall–Kier alpha value is -3.19. The summed E-state index contributed by atoms with van der Waals surface area (Å²) < 4.78 is 5.88. The zero-order valence-corrected chi connectivity index (χ0v) is 35.2. The second-order valence-corrected chi connectivity index (χ2v) is 14.7. The van der Waals surface area contributed by atoms with Crippen LogP contribution in [0, 0.1) is 0 Å².